The summed E-state index contributed by atoms with van der Waals surface area (Å²) < 4.78 is 18.9. The van der Waals surface area contributed by atoms with Crippen LogP contribution in [0.5, 0.6) is 11.5 Å². The normalized spacial score (nSPS) is 10.3. The van der Waals surface area contributed by atoms with Crippen LogP contribution >= 0.6 is 0 Å². The SMILES string of the molecule is O=C(NCCCc1cccc(F)c1)c1ccccc1Oc1ccncc1. The molecule has 3 aromatic rings. The van der Waals surface area contributed by atoms with Gasteiger partial charge < -0.3 is 10.1 Å². The van der Waals surface area contributed by atoms with Gasteiger partial charge in [-0.15, -0.1) is 0 Å². The molecule has 0 aliphatic heterocycles. The van der Waals surface area contributed by atoms with Gasteiger partial charge in [0.25, 0.3) is 5.91 Å². The lowest BCUT2D eigenvalue weighted by atomic mass is 10.1. The highest BCUT2D eigenvalue weighted by Crippen LogP contribution is 2.24. The molecule has 0 spiro atoms. The van der Waals surface area contributed by atoms with Crippen LogP contribution in [0.3, 0.4) is 0 Å². The fraction of sp³-hybridized carbons (Fsp3) is 0.143. The maximum absolute atomic E-state index is 13.2. The van der Waals surface area contributed by atoms with Crippen LogP contribution in [-0.2, 0) is 6.42 Å². The zero-order valence-electron chi connectivity index (χ0n) is 14.2. The number of para-hydroxylation sites is 1. The van der Waals surface area contributed by atoms with Gasteiger partial charge in [-0.1, -0.05) is 24.3 Å². The molecule has 2 aromatic carbocycles. The van der Waals surface area contributed by atoms with E-state index < -0.39 is 0 Å². The summed E-state index contributed by atoms with van der Waals surface area (Å²) in [5.41, 5.74) is 1.38. The molecule has 5 heteroatoms. The third-order valence-corrected chi connectivity index (χ3v) is 3.83. The predicted octanol–water partition coefficient (Wildman–Crippen LogP) is 4.38. The molecule has 0 aliphatic rings. The third kappa shape index (κ3) is 4.89. The molecule has 0 radical (unpaired) electrons. The van der Waals surface area contributed by atoms with Gasteiger partial charge in [-0.05, 0) is 54.8 Å². The highest BCUT2D eigenvalue weighted by molar-refractivity contribution is 5.97. The number of carbonyl (C=O) groups excluding carboxylic acids is 1. The minimum Gasteiger partial charge on any atom is -0.456 e. The Morgan fingerprint density at radius 3 is 2.65 bits per heavy atom. The Kier molecular flexibility index (Phi) is 5.93. The van der Waals surface area contributed by atoms with Crippen molar-refractivity contribution in [3.05, 3.63) is 90.0 Å². The molecule has 26 heavy (non-hydrogen) atoms. The fourth-order valence-corrected chi connectivity index (χ4v) is 2.56. The molecule has 1 amide bonds. The van der Waals surface area contributed by atoms with Crippen LogP contribution in [0.2, 0.25) is 0 Å². The second-order valence-electron chi connectivity index (χ2n) is 5.77. The molecule has 3 rings (SSSR count). The molecule has 0 aliphatic carbocycles. The van der Waals surface area contributed by atoms with Gasteiger partial charge >= 0.3 is 0 Å². The first-order valence-electron chi connectivity index (χ1n) is 8.42. The van der Waals surface area contributed by atoms with Gasteiger partial charge in [0.15, 0.2) is 0 Å². The topological polar surface area (TPSA) is 51.2 Å². The van der Waals surface area contributed by atoms with E-state index in [1.165, 1.54) is 12.1 Å². The van der Waals surface area contributed by atoms with Crippen LogP contribution < -0.4 is 10.1 Å². The Morgan fingerprint density at radius 1 is 1.04 bits per heavy atom. The Morgan fingerprint density at radius 2 is 1.85 bits per heavy atom. The molecule has 4 nitrogen and oxygen atoms in total. The van der Waals surface area contributed by atoms with E-state index in [1.54, 1.807) is 48.8 Å². The zero-order valence-corrected chi connectivity index (χ0v) is 14.2. The molecule has 0 saturated carbocycles. The average molecular weight is 350 g/mol. The summed E-state index contributed by atoms with van der Waals surface area (Å²) in [7, 11) is 0. The van der Waals surface area contributed by atoms with E-state index in [2.05, 4.69) is 10.3 Å². The van der Waals surface area contributed by atoms with Gasteiger partial charge in [0.2, 0.25) is 0 Å². The Bertz CT molecular complexity index is 869. The quantitative estimate of drug-likeness (QED) is 0.644. The number of halogens is 1. The van der Waals surface area contributed by atoms with Gasteiger partial charge in [0.1, 0.15) is 17.3 Å². The number of nitrogens with zero attached hydrogens (tertiary/aromatic N) is 1. The number of carbonyl (C=O) groups is 1. The lowest BCUT2D eigenvalue weighted by Gasteiger charge is -2.11. The van der Waals surface area contributed by atoms with E-state index in [4.69, 9.17) is 4.74 Å². The molecule has 132 valence electrons. The number of hydrogen-bond acceptors (Lipinski definition) is 3. The molecular weight excluding hydrogens is 331 g/mol. The lowest BCUT2D eigenvalue weighted by Crippen LogP contribution is -2.25. The first-order chi connectivity index (χ1) is 12.7. The first kappa shape index (κ1) is 17.6. The number of ether oxygens (including phenoxy) is 1. The number of aromatic nitrogens is 1. The molecule has 1 heterocycles. The molecule has 0 bridgehead atoms. The Labute approximate surface area is 151 Å². The van der Waals surface area contributed by atoms with Crippen molar-refractivity contribution in [3.8, 4) is 11.5 Å². The maximum Gasteiger partial charge on any atom is 0.255 e. The van der Waals surface area contributed by atoms with Crippen LogP contribution in [0, 0.1) is 5.82 Å². The Hall–Kier alpha value is -3.21. The van der Waals surface area contributed by atoms with Gasteiger partial charge in [-0.25, -0.2) is 4.39 Å². The van der Waals surface area contributed by atoms with Crippen molar-refractivity contribution in [2.45, 2.75) is 12.8 Å². The van der Waals surface area contributed by atoms with Crippen molar-refractivity contribution in [1.29, 1.82) is 0 Å². The minimum atomic E-state index is -0.242. The molecule has 1 N–H and O–H groups in total. The number of amides is 1. The summed E-state index contributed by atoms with van der Waals surface area (Å²) in [6, 6.07) is 17.0. The van der Waals surface area contributed by atoms with E-state index in [0.29, 0.717) is 30.0 Å². The largest absolute Gasteiger partial charge is 0.456 e. The van der Waals surface area contributed by atoms with E-state index >= 15 is 0 Å². The van der Waals surface area contributed by atoms with Crippen molar-refractivity contribution in [2.24, 2.45) is 0 Å². The molecule has 0 fully saturated rings. The standard InChI is InChI=1S/C21H19FN2O2/c22-17-7-3-5-16(15-17)6-4-12-24-21(25)19-8-1-2-9-20(19)26-18-10-13-23-14-11-18/h1-3,5,7-11,13-15H,4,6,12H2,(H,24,25). The van der Waals surface area contributed by atoms with Crippen LogP contribution in [0.15, 0.2) is 73.1 Å². The van der Waals surface area contributed by atoms with Crippen molar-refractivity contribution < 1.29 is 13.9 Å². The van der Waals surface area contributed by atoms with Gasteiger partial charge in [0.05, 0.1) is 5.56 Å². The molecule has 0 saturated heterocycles. The number of hydrogen-bond donors (Lipinski definition) is 1. The molecular formula is C21H19FN2O2. The fourth-order valence-electron chi connectivity index (χ4n) is 2.56. The molecule has 0 unspecified atom stereocenters. The second kappa shape index (κ2) is 8.76. The van der Waals surface area contributed by atoms with Gasteiger partial charge in [-0.3, -0.25) is 9.78 Å². The lowest BCUT2D eigenvalue weighted by molar-refractivity contribution is 0.0951. The van der Waals surface area contributed by atoms with Crippen LogP contribution in [0.4, 0.5) is 4.39 Å². The summed E-state index contributed by atoms with van der Waals surface area (Å²) in [4.78, 5) is 16.4. The second-order valence-corrected chi connectivity index (χ2v) is 5.77. The monoisotopic (exact) mass is 350 g/mol. The van der Waals surface area contributed by atoms with Crippen molar-refractivity contribution in [1.82, 2.24) is 10.3 Å². The predicted molar refractivity (Wildman–Crippen MR) is 97.8 cm³/mol. The van der Waals surface area contributed by atoms with Crippen molar-refractivity contribution >= 4 is 5.91 Å². The van der Waals surface area contributed by atoms with Crippen molar-refractivity contribution in [2.75, 3.05) is 6.54 Å². The van der Waals surface area contributed by atoms with E-state index in [1.807, 2.05) is 12.1 Å². The number of nitrogens with one attached hydrogen (secondary N) is 1. The Balaban J connectivity index is 1.56. The number of aryl methyl sites for hydroxylation is 1. The average Bonchev–Trinajstić information content (AvgIpc) is 2.66. The first-order valence-corrected chi connectivity index (χ1v) is 8.42. The van der Waals surface area contributed by atoms with Crippen LogP contribution in [-0.4, -0.2) is 17.4 Å². The summed E-state index contributed by atoms with van der Waals surface area (Å²) >= 11 is 0. The van der Waals surface area contributed by atoms with Gasteiger partial charge in [-0.2, -0.15) is 0 Å². The highest BCUT2D eigenvalue weighted by Gasteiger charge is 2.12. The maximum atomic E-state index is 13.2. The third-order valence-electron chi connectivity index (χ3n) is 3.83. The summed E-state index contributed by atoms with van der Waals surface area (Å²) in [6.07, 6.45) is 4.69. The van der Waals surface area contributed by atoms with Crippen LogP contribution in [0.25, 0.3) is 0 Å². The summed E-state index contributed by atoms with van der Waals surface area (Å²) in [5, 5.41) is 2.88. The van der Waals surface area contributed by atoms with Gasteiger partial charge in [0, 0.05) is 18.9 Å². The van der Waals surface area contributed by atoms with E-state index in [-0.39, 0.29) is 11.7 Å². The van der Waals surface area contributed by atoms with E-state index in [0.717, 1.165) is 12.0 Å². The highest BCUT2D eigenvalue weighted by atomic mass is 19.1. The summed E-state index contributed by atoms with van der Waals surface area (Å²) in [6.45, 7) is 0.499. The number of rotatable bonds is 7. The molecule has 0 atom stereocenters. The van der Waals surface area contributed by atoms with Crippen LogP contribution in [0.1, 0.15) is 22.3 Å². The van der Waals surface area contributed by atoms with Crippen molar-refractivity contribution in [3.63, 3.8) is 0 Å². The number of benzene rings is 2. The van der Waals surface area contributed by atoms with E-state index in [9.17, 15) is 9.18 Å². The summed E-state index contributed by atoms with van der Waals surface area (Å²) in [5.74, 6) is 0.662. The molecule has 1 aromatic heterocycles. The minimum absolute atomic E-state index is 0.200. The zero-order chi connectivity index (χ0) is 18.2. The smallest absolute Gasteiger partial charge is 0.255 e. The number of pyridine rings is 1.